The Labute approximate surface area is 580 Å². The molecule has 0 spiro atoms. The Hall–Kier alpha value is -9.02. The van der Waals surface area contributed by atoms with E-state index in [1.54, 1.807) is 0 Å². The van der Waals surface area contributed by atoms with Crippen LogP contribution in [0.1, 0.15) is 153 Å². The van der Waals surface area contributed by atoms with Gasteiger partial charge < -0.3 is 9.97 Å². The van der Waals surface area contributed by atoms with Crippen LogP contribution in [0.25, 0.3) is 52.2 Å². The number of hydrogen-bond donors (Lipinski definition) is 2. The molecule has 6 aromatic heterocycles. The molecular weight excluding hydrogens is 1240 g/mol. The van der Waals surface area contributed by atoms with Gasteiger partial charge in [0.25, 0.3) is 0 Å². The molecule has 96 heavy (non-hydrogen) atoms. The second-order valence-corrected chi connectivity index (χ2v) is 32.1. The zero-order valence-electron chi connectivity index (χ0n) is 58.4. The summed E-state index contributed by atoms with van der Waals surface area (Å²) in [5, 5.41) is 4.21. The highest BCUT2D eigenvalue weighted by atomic mass is 32.1. The molecule has 8 heteroatoms. The Kier molecular flexibility index (Phi) is 15.7. The van der Waals surface area contributed by atoms with Gasteiger partial charge in [-0.25, -0.2) is 9.98 Å². The van der Waals surface area contributed by atoms with E-state index in [4.69, 9.17) is 9.98 Å². The monoisotopic (exact) mass is 1320 g/mol. The Morgan fingerprint density at radius 1 is 0.229 bits per heavy atom. The van der Waals surface area contributed by atoms with Crippen molar-refractivity contribution in [1.82, 2.24) is 9.97 Å². The van der Waals surface area contributed by atoms with Crippen LogP contribution in [0.3, 0.4) is 0 Å². The van der Waals surface area contributed by atoms with E-state index in [1.165, 1.54) is 183 Å². The first-order valence-electron chi connectivity index (χ1n) is 33.4. The minimum absolute atomic E-state index is 0.939. The van der Waals surface area contributed by atoms with Gasteiger partial charge in [-0.15, -0.1) is 45.3 Å². The zero-order valence-corrected chi connectivity index (χ0v) is 61.6. The average molecular weight is 1320 g/mol. The summed E-state index contributed by atoms with van der Waals surface area (Å²) in [5.41, 5.74) is 40.5. The standard InChI is InChI=1S/C88H80N4S4/c1-43-27-49(7)77(50(8)28-43)83-61-19-23-65(89-61)85(79-53(11)31-45(3)32-54(79)12)73-39-69-71(93-73)41-75(95-69)87(81-57(15)35-47(5)36-58(81)16)67-25-21-63(91-67)84(78-51(9)29-44(2)30-52(78)10)64-22-26-68(92-64)88(82-59(17)37-48(6)38-60(82)18)76-42-72-70(96-76)40-74(94-72)86(66-24-20-62(83)90-66)80-55(13)33-46(4)34-56(80)14/h19-42,89,92H,1-18H3. The molecule has 0 unspecified atom stereocenters. The highest BCUT2D eigenvalue weighted by Crippen LogP contribution is 2.48. The third kappa shape index (κ3) is 10.9. The maximum absolute atomic E-state index is 5.89. The van der Waals surface area contributed by atoms with Crippen LogP contribution in [0.2, 0.25) is 0 Å². The number of aromatic nitrogens is 2. The van der Waals surface area contributed by atoms with Gasteiger partial charge in [0.15, 0.2) is 0 Å². The number of rotatable bonds is 6. The fourth-order valence-corrected chi connectivity index (χ4v) is 21.6. The van der Waals surface area contributed by atoms with Gasteiger partial charge in [0.1, 0.15) is 0 Å². The second kappa shape index (κ2) is 24.0. The number of nitrogens with one attached hydrogen (secondary N) is 2. The lowest BCUT2D eigenvalue weighted by Crippen LogP contribution is -2.20. The normalized spacial score (nSPS) is 14.2. The molecular formula is C88H80N4S4. The summed E-state index contributed by atoms with van der Waals surface area (Å²) < 4.78 is 5.01. The van der Waals surface area contributed by atoms with Crippen molar-refractivity contribution in [1.29, 1.82) is 0 Å². The van der Waals surface area contributed by atoms with E-state index < -0.39 is 0 Å². The van der Waals surface area contributed by atoms with Crippen LogP contribution in [-0.4, -0.2) is 21.4 Å². The maximum Gasteiger partial charge on any atom is 0.0737 e. The van der Waals surface area contributed by atoms with Crippen LogP contribution in [0, 0.1) is 125 Å². The molecule has 16 bridgehead atoms. The van der Waals surface area contributed by atoms with Gasteiger partial charge in [-0.2, -0.15) is 0 Å². The minimum Gasteiger partial charge on any atom is -0.354 e. The smallest absolute Gasteiger partial charge is 0.0737 e. The highest BCUT2D eigenvalue weighted by molar-refractivity contribution is 7.29. The first-order chi connectivity index (χ1) is 45.9. The van der Waals surface area contributed by atoms with Gasteiger partial charge in [0.05, 0.1) is 22.8 Å². The van der Waals surface area contributed by atoms with Gasteiger partial charge >= 0.3 is 0 Å². The first kappa shape index (κ1) is 63.1. The number of aromatic amines is 2. The van der Waals surface area contributed by atoms with Crippen LogP contribution in [0.5, 0.6) is 0 Å². The topological polar surface area (TPSA) is 56.3 Å². The minimum atomic E-state index is 0.939. The summed E-state index contributed by atoms with van der Waals surface area (Å²) in [6, 6.07) is 47.1. The van der Waals surface area contributed by atoms with E-state index in [9.17, 15) is 0 Å². The largest absolute Gasteiger partial charge is 0.354 e. The molecule has 0 aliphatic carbocycles. The summed E-state index contributed by atoms with van der Waals surface area (Å²) in [6.07, 6.45) is 9.11. The lowest BCUT2D eigenvalue weighted by molar-refractivity contribution is 1.22. The van der Waals surface area contributed by atoms with Gasteiger partial charge in [-0.1, -0.05) is 106 Å². The fourth-order valence-electron chi connectivity index (χ4n) is 16.6. The fraction of sp³-hybridized carbons (Fsp3) is 0.205. The van der Waals surface area contributed by atoms with Crippen LogP contribution < -0.4 is 21.4 Å². The molecule has 6 aromatic carbocycles. The number of nitrogens with zero attached hydrogens (tertiary/aromatic N) is 2. The van der Waals surface area contributed by atoms with E-state index >= 15 is 0 Å². The Morgan fingerprint density at radius 2 is 0.427 bits per heavy atom. The third-order valence-electron chi connectivity index (χ3n) is 19.7. The third-order valence-corrected chi connectivity index (χ3v) is 24.4. The Balaban J connectivity index is 1.09. The van der Waals surface area contributed by atoms with Gasteiger partial charge in [-0.3, -0.25) is 0 Å². The van der Waals surface area contributed by atoms with Gasteiger partial charge in [-0.05, 0) is 298 Å². The lowest BCUT2D eigenvalue weighted by atomic mass is 9.91. The number of benzene rings is 6. The lowest BCUT2D eigenvalue weighted by Gasteiger charge is -2.17. The number of aliphatic imine (C=N–C) groups is 2. The molecule has 0 amide bonds. The van der Waals surface area contributed by atoms with E-state index in [-0.39, 0.29) is 0 Å². The molecule has 0 atom stereocenters. The van der Waals surface area contributed by atoms with E-state index in [0.29, 0.717) is 0 Å². The summed E-state index contributed by atoms with van der Waals surface area (Å²) in [4.78, 5) is 25.0. The molecule has 12 aromatic rings. The first-order valence-corrected chi connectivity index (χ1v) is 36.7. The summed E-state index contributed by atoms with van der Waals surface area (Å²) in [5.74, 6) is 0. The highest BCUT2D eigenvalue weighted by Gasteiger charge is 2.29. The predicted molar refractivity (Wildman–Crippen MR) is 417 cm³/mol. The molecule has 4 nitrogen and oxygen atoms in total. The van der Waals surface area contributed by atoms with Crippen molar-refractivity contribution in [2.24, 2.45) is 9.98 Å². The molecule has 0 saturated carbocycles. The zero-order chi connectivity index (χ0) is 67.2. The average Bonchev–Trinajstić information content (AvgIpc) is 1.59. The molecule has 18 rings (SSSR count). The van der Waals surface area contributed by atoms with Crippen LogP contribution in [0.15, 0.2) is 167 Å². The molecule has 12 heterocycles. The van der Waals surface area contributed by atoms with Crippen molar-refractivity contribution in [2.45, 2.75) is 125 Å². The van der Waals surface area contributed by atoms with E-state index in [0.717, 1.165) is 66.5 Å². The van der Waals surface area contributed by atoms with Crippen molar-refractivity contribution in [3.8, 4) is 0 Å². The van der Waals surface area contributed by atoms with E-state index in [2.05, 4.69) is 280 Å². The molecule has 0 radical (unpaired) electrons. The van der Waals surface area contributed by atoms with Crippen LogP contribution in [-0.2, 0) is 0 Å². The number of H-pyrrole nitrogens is 2. The molecule has 2 N–H and O–H groups in total. The molecule has 0 fully saturated rings. The van der Waals surface area contributed by atoms with Gasteiger partial charge in [0.2, 0.25) is 0 Å². The summed E-state index contributed by atoms with van der Waals surface area (Å²) in [7, 11) is 0. The van der Waals surface area contributed by atoms with Crippen molar-refractivity contribution in [3.63, 3.8) is 0 Å². The number of thiophene rings is 4. The molecule has 6 aliphatic heterocycles. The maximum atomic E-state index is 5.89. The predicted octanol–water partition coefficient (Wildman–Crippen LogP) is 20.6. The number of allylic oxidation sites excluding steroid dienone is 4. The summed E-state index contributed by atoms with van der Waals surface area (Å²) in [6.45, 7) is 40.5. The number of hydrogen-bond acceptors (Lipinski definition) is 6. The van der Waals surface area contributed by atoms with Crippen molar-refractivity contribution in [3.05, 3.63) is 331 Å². The van der Waals surface area contributed by atoms with Crippen molar-refractivity contribution in [2.75, 3.05) is 0 Å². The van der Waals surface area contributed by atoms with Crippen molar-refractivity contribution < 1.29 is 0 Å². The van der Waals surface area contributed by atoms with Gasteiger partial charge in [0, 0.05) is 93.1 Å². The molecule has 476 valence electrons. The van der Waals surface area contributed by atoms with Crippen LogP contribution >= 0.6 is 45.3 Å². The molecule has 6 aliphatic rings. The second-order valence-electron chi connectivity index (χ2n) is 27.8. The number of aryl methyl sites for hydroxylation is 18. The van der Waals surface area contributed by atoms with Crippen molar-refractivity contribution >= 4 is 109 Å². The van der Waals surface area contributed by atoms with E-state index in [1.807, 2.05) is 45.3 Å². The summed E-state index contributed by atoms with van der Waals surface area (Å²) >= 11 is 7.53. The SMILES string of the molecule is Cc1cc(C)c(C2=C3C=CC(=N3)C(c3c(C)cc(C)cc3C)=c3ccc([nH]3)=C(c3c(C)cc(C)cc3C)c3cc4sc(cc4s3)C(c3c(C)cc(C)cc3C)=C3C=CC(=N3)C(c3c(C)cc(C)cc3C)=c3ccc([nH]3)=C(c3c(C)cc(C)cc3C)c3cc4sc2cc4s3)c(C)c1. The quantitative estimate of drug-likeness (QED) is 0.167. The Morgan fingerprint density at radius 3 is 0.667 bits per heavy atom. The Bertz CT molecular complexity index is 5340. The molecule has 0 saturated heterocycles. The van der Waals surface area contributed by atoms with Crippen LogP contribution in [0.4, 0.5) is 0 Å².